The molecule has 200 valence electrons. The molecule has 0 radical (unpaired) electrons. The van der Waals surface area contributed by atoms with Gasteiger partial charge in [-0.1, -0.05) is 0 Å². The third-order valence-corrected chi connectivity index (χ3v) is 6.33. The van der Waals surface area contributed by atoms with E-state index in [0.29, 0.717) is 50.7 Å². The van der Waals surface area contributed by atoms with Gasteiger partial charge in [0.2, 0.25) is 5.91 Å². The van der Waals surface area contributed by atoms with Crippen LogP contribution in [-0.2, 0) is 9.53 Å². The Kier molecular flexibility index (Phi) is 14.4. The van der Waals surface area contributed by atoms with Crippen LogP contribution in [-0.4, -0.2) is 121 Å². The summed E-state index contributed by atoms with van der Waals surface area (Å²) in [6.45, 7) is 9.89. The van der Waals surface area contributed by atoms with E-state index in [1.165, 1.54) is 0 Å². The van der Waals surface area contributed by atoms with Crippen molar-refractivity contribution >= 4 is 23.2 Å². The number of fused-ring (bicyclic) bond motifs is 15. The topological polar surface area (TPSA) is 135 Å². The van der Waals surface area contributed by atoms with Crippen LogP contribution >= 0.6 is 12.2 Å². The second-order valence-corrected chi connectivity index (χ2v) is 9.66. The van der Waals surface area contributed by atoms with Crippen molar-refractivity contribution in [3.63, 3.8) is 0 Å². The van der Waals surface area contributed by atoms with Gasteiger partial charge < -0.3 is 52.6 Å². The summed E-state index contributed by atoms with van der Waals surface area (Å²) in [5.74, 6) is 2.63. The molecule has 3 rings (SSSR count). The fraction of sp³-hybridized carbons (Fsp3) is 0.826. The molecule has 12 heteroatoms. The molecule has 3 heterocycles. The first-order valence-corrected chi connectivity index (χ1v) is 13.0. The summed E-state index contributed by atoms with van der Waals surface area (Å²) >= 11 is 5.57. The average Bonchev–Trinajstić information content (AvgIpc) is 2.84. The highest BCUT2D eigenvalue weighted by atomic mass is 32.1. The summed E-state index contributed by atoms with van der Waals surface area (Å²) in [7, 11) is 1.61. The molecule has 0 aromatic rings. The lowest BCUT2D eigenvalue weighted by Crippen LogP contribution is -2.68. The molecule has 0 aromatic carbocycles. The molecule has 0 saturated carbocycles. The van der Waals surface area contributed by atoms with Crippen molar-refractivity contribution in [2.75, 3.05) is 98.8 Å². The van der Waals surface area contributed by atoms with Gasteiger partial charge in [-0.15, -0.1) is 12.3 Å². The molecule has 0 atom stereocenters. The van der Waals surface area contributed by atoms with Crippen LogP contribution in [0, 0.1) is 12.3 Å². The van der Waals surface area contributed by atoms with Gasteiger partial charge in [-0.25, -0.2) is 0 Å². The summed E-state index contributed by atoms with van der Waals surface area (Å²) in [6, 6.07) is 0. The Morgan fingerprint density at radius 3 is 1.69 bits per heavy atom. The van der Waals surface area contributed by atoms with E-state index in [-0.39, 0.29) is 11.4 Å². The van der Waals surface area contributed by atoms with Crippen LogP contribution in [0.4, 0.5) is 0 Å². The van der Waals surface area contributed by atoms with Crippen molar-refractivity contribution in [2.24, 2.45) is 0 Å². The van der Waals surface area contributed by atoms with E-state index in [2.05, 4.69) is 53.8 Å². The Balaban J connectivity index is 2.12. The molecule has 3 aliphatic rings. The lowest BCUT2D eigenvalue weighted by atomic mass is 9.97. The zero-order chi connectivity index (χ0) is 25.2. The number of methoxy groups -OCH3 is 1. The monoisotopic (exact) mass is 511 g/mol. The molecule has 3 saturated heterocycles. The van der Waals surface area contributed by atoms with Gasteiger partial charge in [-0.05, 0) is 12.2 Å². The Morgan fingerprint density at radius 2 is 1.29 bits per heavy atom. The summed E-state index contributed by atoms with van der Waals surface area (Å²) in [5.41, 5.74) is -0.756. The zero-order valence-corrected chi connectivity index (χ0v) is 21.9. The Labute approximate surface area is 215 Å². The van der Waals surface area contributed by atoms with Crippen LogP contribution in [0.2, 0.25) is 0 Å². The fourth-order valence-electron chi connectivity index (χ4n) is 4.22. The maximum absolute atomic E-state index is 12.6. The SMILES string of the molecule is C#CCCNC(=S)NC12CNCCNCC(NC(=O)CCOC)(CNCCNC1)CNCCNC2. The van der Waals surface area contributed by atoms with Crippen LogP contribution < -0.4 is 47.9 Å². The third-order valence-electron chi connectivity index (χ3n) is 6.09. The Morgan fingerprint density at radius 1 is 0.857 bits per heavy atom. The van der Waals surface area contributed by atoms with E-state index in [0.717, 1.165) is 58.9 Å². The van der Waals surface area contributed by atoms with E-state index in [1.54, 1.807) is 7.11 Å². The number of hydrogen-bond acceptors (Lipinski definition) is 9. The van der Waals surface area contributed by atoms with Gasteiger partial charge in [-0.2, -0.15) is 0 Å². The predicted molar refractivity (Wildman–Crippen MR) is 145 cm³/mol. The molecule has 3 fully saturated rings. The number of carbonyl (C=O) groups is 1. The lowest BCUT2D eigenvalue weighted by molar-refractivity contribution is -0.123. The van der Waals surface area contributed by atoms with Gasteiger partial charge in [-0.3, -0.25) is 4.79 Å². The molecule has 2 bridgehead atoms. The second-order valence-electron chi connectivity index (χ2n) is 9.25. The minimum Gasteiger partial charge on any atom is -0.384 e. The van der Waals surface area contributed by atoms with E-state index in [4.69, 9.17) is 23.4 Å². The standard InChI is InChI=1S/C23H45N9O2S/c1-3-4-6-30-21(35)32-23-17-27-10-7-24-14-22(15-25-8-11-28-18-23,16-26-9-12-29-19-23)31-20(33)5-13-34-2/h1,24-29H,4-19H2,2H3,(H,31,33)(H2,30,32,35). The van der Waals surface area contributed by atoms with E-state index < -0.39 is 5.54 Å². The molecule has 11 nitrogen and oxygen atoms in total. The maximum atomic E-state index is 12.6. The highest BCUT2D eigenvalue weighted by molar-refractivity contribution is 7.80. The van der Waals surface area contributed by atoms with E-state index in [1.807, 2.05) is 0 Å². The number of amides is 1. The number of hydrogen-bond donors (Lipinski definition) is 9. The van der Waals surface area contributed by atoms with Gasteiger partial charge >= 0.3 is 0 Å². The summed E-state index contributed by atoms with van der Waals surface area (Å²) in [6.07, 6.45) is 6.34. The molecule has 0 aromatic heterocycles. The first kappa shape index (κ1) is 29.7. The summed E-state index contributed by atoms with van der Waals surface area (Å²) in [5, 5.41) is 32.0. The molecular weight excluding hydrogens is 466 g/mol. The molecule has 0 spiro atoms. The van der Waals surface area contributed by atoms with Crippen LogP contribution in [0.5, 0.6) is 0 Å². The molecule has 3 aliphatic heterocycles. The number of nitrogens with one attached hydrogen (secondary N) is 9. The third kappa shape index (κ3) is 11.8. The van der Waals surface area contributed by atoms with Gasteiger partial charge in [0.25, 0.3) is 0 Å². The predicted octanol–water partition coefficient (Wildman–Crippen LogP) is -3.33. The molecule has 1 amide bonds. The Bertz CT molecular complexity index is 630. The number of thiocarbonyl (C=S) groups is 1. The maximum Gasteiger partial charge on any atom is 0.222 e. The summed E-state index contributed by atoms with van der Waals surface area (Å²) < 4.78 is 5.09. The smallest absolute Gasteiger partial charge is 0.222 e. The Hall–Kier alpha value is -1.56. The van der Waals surface area contributed by atoms with Gasteiger partial charge in [0.15, 0.2) is 5.11 Å². The van der Waals surface area contributed by atoms with Gasteiger partial charge in [0.1, 0.15) is 0 Å². The first-order valence-electron chi connectivity index (χ1n) is 12.6. The van der Waals surface area contributed by atoms with Crippen molar-refractivity contribution in [3.8, 4) is 12.3 Å². The molecule has 0 aliphatic carbocycles. The number of ether oxygens (including phenoxy) is 1. The van der Waals surface area contributed by atoms with E-state index >= 15 is 0 Å². The van der Waals surface area contributed by atoms with E-state index in [9.17, 15) is 4.79 Å². The van der Waals surface area contributed by atoms with Crippen LogP contribution in [0.25, 0.3) is 0 Å². The largest absolute Gasteiger partial charge is 0.384 e. The van der Waals surface area contributed by atoms with Crippen molar-refractivity contribution in [3.05, 3.63) is 0 Å². The average molecular weight is 512 g/mol. The van der Waals surface area contributed by atoms with Crippen molar-refractivity contribution in [1.29, 1.82) is 0 Å². The van der Waals surface area contributed by atoms with Gasteiger partial charge in [0.05, 0.1) is 17.7 Å². The van der Waals surface area contributed by atoms with Crippen LogP contribution in [0.3, 0.4) is 0 Å². The second kappa shape index (κ2) is 17.0. The molecule has 9 N–H and O–H groups in total. The first-order chi connectivity index (χ1) is 17.0. The molecule has 0 unspecified atom stereocenters. The number of terminal acetylenes is 1. The number of carbonyl (C=O) groups excluding carboxylic acids is 1. The molecular formula is C23H45N9O2S. The normalized spacial score (nSPS) is 27.1. The van der Waals surface area contributed by atoms with Crippen molar-refractivity contribution < 1.29 is 9.53 Å². The van der Waals surface area contributed by atoms with Crippen LogP contribution in [0.1, 0.15) is 12.8 Å². The fourth-order valence-corrected chi connectivity index (χ4v) is 4.54. The minimum absolute atomic E-state index is 0.00321. The van der Waals surface area contributed by atoms with Crippen LogP contribution in [0.15, 0.2) is 0 Å². The highest BCUT2D eigenvalue weighted by Gasteiger charge is 2.33. The minimum atomic E-state index is -0.444. The lowest BCUT2D eigenvalue weighted by Gasteiger charge is -2.39. The zero-order valence-electron chi connectivity index (χ0n) is 21.1. The van der Waals surface area contributed by atoms with Gasteiger partial charge in [0, 0.05) is 105 Å². The molecule has 35 heavy (non-hydrogen) atoms. The highest BCUT2D eigenvalue weighted by Crippen LogP contribution is 2.05. The summed E-state index contributed by atoms with van der Waals surface area (Å²) in [4.78, 5) is 12.6. The van der Waals surface area contributed by atoms with Crippen molar-refractivity contribution in [2.45, 2.75) is 23.9 Å². The number of rotatable bonds is 7. The van der Waals surface area contributed by atoms with Crippen molar-refractivity contribution in [1.82, 2.24) is 47.9 Å². The quantitative estimate of drug-likeness (QED) is 0.0965.